The zero-order valence-electron chi connectivity index (χ0n) is 6.86. The lowest BCUT2D eigenvalue weighted by molar-refractivity contribution is 0.397. The number of anilines is 1. The number of rotatable bonds is 1. The van der Waals surface area contributed by atoms with Gasteiger partial charge in [0.15, 0.2) is 0 Å². The highest BCUT2D eigenvalue weighted by molar-refractivity contribution is 5.30. The van der Waals surface area contributed by atoms with Crippen LogP contribution in [0, 0.1) is 0 Å². The first-order valence-corrected chi connectivity index (χ1v) is 3.52. The van der Waals surface area contributed by atoms with Gasteiger partial charge in [0.2, 0.25) is 5.88 Å². The summed E-state index contributed by atoms with van der Waals surface area (Å²) in [6.07, 6.45) is 1.36. The van der Waals surface area contributed by atoms with E-state index in [1.807, 2.05) is 0 Å². The second kappa shape index (κ2) is 4.50. The van der Waals surface area contributed by atoms with Crippen molar-refractivity contribution in [2.45, 2.75) is 0 Å². The van der Waals surface area contributed by atoms with E-state index in [1.54, 1.807) is 6.07 Å². The molecule has 2 rings (SSSR count). The van der Waals surface area contributed by atoms with Crippen LogP contribution in [0.1, 0.15) is 0 Å². The highest BCUT2D eigenvalue weighted by atomic mass is 16.6. The SMILES string of the molecule is C1CO1.COc1cc(N)ncn1. The van der Waals surface area contributed by atoms with E-state index in [1.165, 1.54) is 13.4 Å². The van der Waals surface area contributed by atoms with Crippen molar-refractivity contribution in [3.05, 3.63) is 12.4 Å². The summed E-state index contributed by atoms with van der Waals surface area (Å²) in [6, 6.07) is 1.56. The topological polar surface area (TPSA) is 73.6 Å². The van der Waals surface area contributed by atoms with Crippen LogP contribution in [0.25, 0.3) is 0 Å². The number of aromatic nitrogens is 2. The summed E-state index contributed by atoms with van der Waals surface area (Å²) >= 11 is 0. The minimum Gasteiger partial charge on any atom is -0.481 e. The number of ether oxygens (including phenoxy) is 2. The zero-order valence-corrected chi connectivity index (χ0v) is 6.86. The Kier molecular flexibility index (Phi) is 3.28. The molecule has 0 bridgehead atoms. The Hall–Kier alpha value is -1.36. The number of methoxy groups -OCH3 is 1. The lowest BCUT2D eigenvalue weighted by atomic mass is 10.6. The highest BCUT2D eigenvalue weighted by Crippen LogP contribution is 2.05. The Labute approximate surface area is 70.5 Å². The van der Waals surface area contributed by atoms with Crippen LogP contribution in [-0.4, -0.2) is 30.3 Å². The predicted molar refractivity (Wildman–Crippen MR) is 43.8 cm³/mol. The molecule has 0 radical (unpaired) electrons. The van der Waals surface area contributed by atoms with Crippen LogP contribution >= 0.6 is 0 Å². The maximum Gasteiger partial charge on any atom is 0.218 e. The molecule has 2 N–H and O–H groups in total. The van der Waals surface area contributed by atoms with Gasteiger partial charge in [-0.2, -0.15) is 0 Å². The standard InChI is InChI=1S/C5H7N3O.C2H4O/c1-9-5-2-4(6)7-3-8-5;1-2-3-1/h2-3H,1H3,(H2,6,7,8);1-2H2. The van der Waals surface area contributed by atoms with Crippen LogP contribution in [0.3, 0.4) is 0 Å². The second-order valence-corrected chi connectivity index (χ2v) is 2.10. The van der Waals surface area contributed by atoms with Gasteiger partial charge in [-0.3, -0.25) is 0 Å². The van der Waals surface area contributed by atoms with Gasteiger partial charge in [-0.25, -0.2) is 9.97 Å². The normalized spacial score (nSPS) is 12.8. The fraction of sp³-hybridized carbons (Fsp3) is 0.429. The Bertz CT molecular complexity index is 237. The van der Waals surface area contributed by atoms with Crippen molar-refractivity contribution in [3.63, 3.8) is 0 Å². The van der Waals surface area contributed by atoms with Crippen molar-refractivity contribution in [2.24, 2.45) is 0 Å². The van der Waals surface area contributed by atoms with Gasteiger partial charge in [0, 0.05) is 6.07 Å². The highest BCUT2D eigenvalue weighted by Gasteiger charge is 1.94. The van der Waals surface area contributed by atoms with E-state index in [0.717, 1.165) is 13.2 Å². The van der Waals surface area contributed by atoms with Crippen molar-refractivity contribution >= 4 is 5.82 Å². The molecule has 1 aliphatic heterocycles. The third-order valence-corrected chi connectivity index (χ3v) is 1.08. The average molecular weight is 169 g/mol. The molecular formula is C7H11N3O2. The second-order valence-electron chi connectivity index (χ2n) is 2.10. The van der Waals surface area contributed by atoms with E-state index in [9.17, 15) is 0 Å². The molecule has 5 nitrogen and oxygen atoms in total. The number of nitrogen functional groups attached to an aromatic ring is 1. The number of nitrogens with zero attached hydrogens (tertiary/aromatic N) is 2. The molecule has 0 aliphatic carbocycles. The lowest BCUT2D eigenvalue weighted by Crippen LogP contribution is -1.93. The zero-order chi connectivity index (χ0) is 8.81. The summed E-state index contributed by atoms with van der Waals surface area (Å²) in [7, 11) is 1.53. The van der Waals surface area contributed by atoms with Crippen LogP contribution in [0.15, 0.2) is 12.4 Å². The maximum atomic E-state index is 5.30. The third-order valence-electron chi connectivity index (χ3n) is 1.08. The van der Waals surface area contributed by atoms with E-state index in [-0.39, 0.29) is 0 Å². The van der Waals surface area contributed by atoms with Gasteiger partial charge in [-0.15, -0.1) is 0 Å². The number of hydrogen-bond acceptors (Lipinski definition) is 5. The smallest absolute Gasteiger partial charge is 0.218 e. The van der Waals surface area contributed by atoms with Crippen LogP contribution < -0.4 is 10.5 Å². The molecule has 1 aromatic heterocycles. The minimum atomic E-state index is 0.418. The van der Waals surface area contributed by atoms with Gasteiger partial charge in [0.1, 0.15) is 12.1 Å². The monoisotopic (exact) mass is 169 g/mol. The van der Waals surface area contributed by atoms with Crippen LogP contribution in [-0.2, 0) is 4.74 Å². The van der Waals surface area contributed by atoms with E-state index < -0.39 is 0 Å². The quantitative estimate of drug-likeness (QED) is 0.603. The summed E-state index contributed by atoms with van der Waals surface area (Å²) in [4.78, 5) is 7.42. The van der Waals surface area contributed by atoms with Crippen molar-refractivity contribution < 1.29 is 9.47 Å². The van der Waals surface area contributed by atoms with E-state index in [4.69, 9.17) is 10.5 Å². The molecule has 12 heavy (non-hydrogen) atoms. The summed E-state index contributed by atoms with van der Waals surface area (Å²) in [6.45, 7) is 2.00. The van der Waals surface area contributed by atoms with Crippen molar-refractivity contribution in [3.8, 4) is 5.88 Å². The van der Waals surface area contributed by atoms with Gasteiger partial charge in [-0.1, -0.05) is 0 Å². The molecule has 0 unspecified atom stereocenters. The molecule has 0 amide bonds. The molecule has 1 saturated heterocycles. The molecule has 66 valence electrons. The summed E-state index contributed by atoms with van der Waals surface area (Å²) < 4.78 is 9.26. The fourth-order valence-corrected chi connectivity index (χ4v) is 0.465. The van der Waals surface area contributed by atoms with Crippen molar-refractivity contribution in [1.29, 1.82) is 0 Å². The first-order valence-electron chi connectivity index (χ1n) is 3.52. The third kappa shape index (κ3) is 3.72. The Balaban J connectivity index is 0.000000200. The average Bonchev–Trinajstić information content (AvgIpc) is 2.90. The minimum absolute atomic E-state index is 0.418. The van der Waals surface area contributed by atoms with E-state index in [0.29, 0.717) is 11.7 Å². The van der Waals surface area contributed by atoms with E-state index in [2.05, 4.69) is 14.7 Å². The number of nitrogens with two attached hydrogens (primary N) is 1. The van der Waals surface area contributed by atoms with Crippen LogP contribution in [0.2, 0.25) is 0 Å². The lowest BCUT2D eigenvalue weighted by Gasteiger charge is -1.95. The molecule has 0 aromatic carbocycles. The summed E-state index contributed by atoms with van der Waals surface area (Å²) in [5.74, 6) is 0.907. The van der Waals surface area contributed by atoms with Crippen molar-refractivity contribution in [1.82, 2.24) is 9.97 Å². The van der Waals surface area contributed by atoms with Gasteiger partial charge in [-0.05, 0) is 0 Å². The Morgan fingerprint density at radius 2 is 2.17 bits per heavy atom. The Morgan fingerprint density at radius 1 is 1.50 bits per heavy atom. The number of hydrogen-bond donors (Lipinski definition) is 1. The fourth-order valence-electron chi connectivity index (χ4n) is 0.465. The van der Waals surface area contributed by atoms with Crippen LogP contribution in [0.5, 0.6) is 5.88 Å². The first kappa shape index (κ1) is 8.73. The Morgan fingerprint density at radius 3 is 2.50 bits per heavy atom. The molecule has 2 heterocycles. The maximum absolute atomic E-state index is 5.30. The first-order chi connectivity index (χ1) is 5.83. The molecule has 1 aromatic rings. The largest absolute Gasteiger partial charge is 0.481 e. The van der Waals surface area contributed by atoms with Gasteiger partial charge in [0.05, 0.1) is 20.3 Å². The molecule has 0 saturated carbocycles. The molecule has 1 fully saturated rings. The van der Waals surface area contributed by atoms with Crippen LogP contribution in [0.4, 0.5) is 5.82 Å². The number of epoxide rings is 1. The van der Waals surface area contributed by atoms with Gasteiger partial charge in [0.25, 0.3) is 0 Å². The summed E-state index contributed by atoms with van der Waals surface area (Å²) in [5, 5.41) is 0. The van der Waals surface area contributed by atoms with Gasteiger partial charge < -0.3 is 15.2 Å². The molecule has 5 heteroatoms. The molecule has 0 atom stereocenters. The molecule has 0 spiro atoms. The van der Waals surface area contributed by atoms with E-state index >= 15 is 0 Å². The summed E-state index contributed by atoms with van der Waals surface area (Å²) in [5.41, 5.74) is 5.30. The molecule has 1 aliphatic rings. The predicted octanol–water partition coefficient (Wildman–Crippen LogP) is 0.0840. The van der Waals surface area contributed by atoms with Crippen molar-refractivity contribution in [2.75, 3.05) is 26.1 Å². The molecular weight excluding hydrogens is 158 g/mol. The van der Waals surface area contributed by atoms with Gasteiger partial charge >= 0.3 is 0 Å².